The lowest BCUT2D eigenvalue weighted by atomic mass is 10.1. The molecule has 2 aromatic heterocycles. The zero-order chi connectivity index (χ0) is 16.8. The predicted molar refractivity (Wildman–Crippen MR) is 93.4 cm³/mol. The van der Waals surface area contributed by atoms with E-state index in [0.717, 1.165) is 17.1 Å². The highest BCUT2D eigenvalue weighted by molar-refractivity contribution is 5.64. The van der Waals surface area contributed by atoms with Gasteiger partial charge >= 0.3 is 0 Å². The van der Waals surface area contributed by atoms with E-state index in [-0.39, 0.29) is 24.6 Å². The summed E-state index contributed by atoms with van der Waals surface area (Å²) in [7, 11) is 0. The maximum absolute atomic E-state index is 9.52. The smallest absolute Gasteiger partial charge is 0.225 e. The molecule has 0 aliphatic heterocycles. The van der Waals surface area contributed by atoms with Crippen molar-refractivity contribution in [2.45, 2.75) is 39.8 Å². The summed E-state index contributed by atoms with van der Waals surface area (Å²) in [5.41, 5.74) is 1.79. The number of aliphatic hydroxyl groups is 1. The van der Waals surface area contributed by atoms with Gasteiger partial charge in [0.25, 0.3) is 0 Å². The Morgan fingerprint density at radius 2 is 1.74 bits per heavy atom. The zero-order valence-electron chi connectivity index (χ0n) is 14.1. The van der Waals surface area contributed by atoms with Crippen LogP contribution in [0.3, 0.4) is 0 Å². The average molecular weight is 315 g/mol. The molecule has 0 aliphatic carbocycles. The number of pyridine rings is 1. The minimum absolute atomic E-state index is 0.0352. The molecule has 0 unspecified atom stereocenters. The molecule has 0 saturated carbocycles. The minimum atomic E-state index is -0.0883. The first-order valence-corrected chi connectivity index (χ1v) is 7.93. The van der Waals surface area contributed by atoms with Crippen LogP contribution in [-0.2, 0) is 0 Å². The Kier molecular flexibility index (Phi) is 5.87. The van der Waals surface area contributed by atoms with Crippen molar-refractivity contribution < 1.29 is 5.11 Å². The molecule has 2 rings (SSSR count). The highest BCUT2D eigenvalue weighted by Gasteiger charge is 2.15. The molecule has 0 saturated heterocycles. The quantitative estimate of drug-likeness (QED) is 0.729. The Bertz CT molecular complexity index is 616. The molecule has 0 aliphatic rings. The Morgan fingerprint density at radius 1 is 1.04 bits per heavy atom. The highest BCUT2D eigenvalue weighted by atomic mass is 16.3. The van der Waals surface area contributed by atoms with Crippen molar-refractivity contribution in [2.75, 3.05) is 17.2 Å². The summed E-state index contributed by atoms with van der Waals surface area (Å²) < 4.78 is 0. The van der Waals surface area contributed by atoms with Gasteiger partial charge in [0.05, 0.1) is 18.3 Å². The second-order valence-electron chi connectivity index (χ2n) is 6.17. The van der Waals surface area contributed by atoms with E-state index in [4.69, 9.17) is 0 Å². The first-order chi connectivity index (χ1) is 11.0. The highest BCUT2D eigenvalue weighted by Crippen LogP contribution is 2.22. The van der Waals surface area contributed by atoms with Crippen LogP contribution in [0.15, 0.2) is 30.6 Å². The molecule has 0 radical (unpaired) electrons. The summed E-state index contributed by atoms with van der Waals surface area (Å²) in [4.78, 5) is 13.1. The summed E-state index contributed by atoms with van der Waals surface area (Å²) >= 11 is 0. The second-order valence-corrected chi connectivity index (χ2v) is 6.17. The van der Waals surface area contributed by atoms with Crippen LogP contribution in [0.25, 0.3) is 11.3 Å². The van der Waals surface area contributed by atoms with E-state index < -0.39 is 0 Å². The van der Waals surface area contributed by atoms with Gasteiger partial charge in [-0.05, 0) is 31.9 Å². The molecule has 3 N–H and O–H groups in total. The maximum Gasteiger partial charge on any atom is 0.225 e. The summed E-state index contributed by atoms with van der Waals surface area (Å²) in [6.45, 7) is 8.26. The molecule has 23 heavy (non-hydrogen) atoms. The van der Waals surface area contributed by atoms with Crippen LogP contribution >= 0.6 is 0 Å². The summed E-state index contributed by atoms with van der Waals surface area (Å²) in [5.74, 6) is 1.54. The molecule has 2 heterocycles. The fourth-order valence-corrected chi connectivity index (χ4v) is 2.14. The molecular weight excluding hydrogens is 290 g/mol. The van der Waals surface area contributed by atoms with Crippen LogP contribution in [0.1, 0.15) is 27.7 Å². The van der Waals surface area contributed by atoms with Gasteiger partial charge in [0.15, 0.2) is 0 Å². The zero-order valence-corrected chi connectivity index (χ0v) is 14.1. The van der Waals surface area contributed by atoms with Gasteiger partial charge in [-0.15, -0.1) is 0 Å². The van der Waals surface area contributed by atoms with Crippen molar-refractivity contribution in [3.05, 3.63) is 30.6 Å². The van der Waals surface area contributed by atoms with Crippen LogP contribution < -0.4 is 10.6 Å². The SMILES string of the molecule is CC(C)Nc1cc(-c2ccncc2)nc(N[C@H](CO)C(C)C)n1. The first-order valence-electron chi connectivity index (χ1n) is 7.93. The van der Waals surface area contributed by atoms with Gasteiger partial charge in [0.1, 0.15) is 5.82 Å². The molecule has 1 atom stereocenters. The van der Waals surface area contributed by atoms with Crippen LogP contribution in [0.5, 0.6) is 0 Å². The Hall–Kier alpha value is -2.21. The van der Waals surface area contributed by atoms with E-state index in [1.165, 1.54) is 0 Å². The molecular formula is C17H25N5O. The molecule has 0 amide bonds. The number of hydrogen-bond acceptors (Lipinski definition) is 6. The molecule has 2 aromatic rings. The molecule has 6 nitrogen and oxygen atoms in total. The van der Waals surface area contributed by atoms with E-state index in [9.17, 15) is 5.11 Å². The van der Waals surface area contributed by atoms with E-state index >= 15 is 0 Å². The average Bonchev–Trinajstić information content (AvgIpc) is 2.52. The normalized spacial score (nSPS) is 12.5. The predicted octanol–water partition coefficient (Wildman–Crippen LogP) is 2.79. The number of nitrogens with one attached hydrogen (secondary N) is 2. The van der Waals surface area contributed by atoms with Gasteiger partial charge in [-0.2, -0.15) is 4.98 Å². The number of rotatable bonds is 7. The number of anilines is 2. The van der Waals surface area contributed by atoms with Crippen LogP contribution in [0, 0.1) is 5.92 Å². The van der Waals surface area contributed by atoms with Gasteiger partial charge in [0.2, 0.25) is 5.95 Å². The maximum atomic E-state index is 9.52. The van der Waals surface area contributed by atoms with Gasteiger partial charge < -0.3 is 15.7 Å². The number of hydrogen-bond donors (Lipinski definition) is 3. The summed E-state index contributed by atoms with van der Waals surface area (Å²) in [6, 6.07) is 5.93. The summed E-state index contributed by atoms with van der Waals surface area (Å²) in [5, 5.41) is 16.0. The molecule has 0 aromatic carbocycles. The summed E-state index contributed by atoms with van der Waals surface area (Å²) in [6.07, 6.45) is 3.48. The van der Waals surface area contributed by atoms with Crippen molar-refractivity contribution in [1.82, 2.24) is 15.0 Å². The van der Waals surface area contributed by atoms with Crippen molar-refractivity contribution in [1.29, 1.82) is 0 Å². The molecule has 0 fully saturated rings. The number of aromatic nitrogens is 3. The number of aliphatic hydroxyl groups excluding tert-OH is 1. The second kappa shape index (κ2) is 7.87. The fourth-order valence-electron chi connectivity index (χ4n) is 2.14. The lowest BCUT2D eigenvalue weighted by Gasteiger charge is -2.21. The molecule has 0 bridgehead atoms. The van der Waals surface area contributed by atoms with Gasteiger partial charge in [0, 0.05) is 30.1 Å². The van der Waals surface area contributed by atoms with Crippen molar-refractivity contribution >= 4 is 11.8 Å². The minimum Gasteiger partial charge on any atom is -0.394 e. The Morgan fingerprint density at radius 3 is 2.30 bits per heavy atom. The molecule has 124 valence electrons. The lowest BCUT2D eigenvalue weighted by Crippen LogP contribution is -2.30. The third-order valence-electron chi connectivity index (χ3n) is 3.45. The van der Waals surface area contributed by atoms with Crippen molar-refractivity contribution in [3.8, 4) is 11.3 Å². The topological polar surface area (TPSA) is 83.0 Å². The van der Waals surface area contributed by atoms with E-state index in [1.54, 1.807) is 12.4 Å². The van der Waals surface area contributed by atoms with Gasteiger partial charge in [-0.25, -0.2) is 4.98 Å². The largest absolute Gasteiger partial charge is 0.394 e. The monoisotopic (exact) mass is 315 g/mol. The third kappa shape index (κ3) is 4.89. The standard InChI is InChI=1S/C17H25N5O/c1-11(2)15(10-23)21-17-20-14(13-5-7-18-8-6-13)9-16(22-17)19-12(3)4/h5-9,11-12,15,23H,10H2,1-4H3,(H2,19,20,21,22)/t15-/m1/s1. The fraction of sp³-hybridized carbons (Fsp3) is 0.471. The van der Waals surface area contributed by atoms with Crippen molar-refractivity contribution in [2.24, 2.45) is 5.92 Å². The number of nitrogens with zero attached hydrogens (tertiary/aromatic N) is 3. The van der Waals surface area contributed by atoms with Crippen LogP contribution in [-0.4, -0.2) is 38.7 Å². The Labute approximate surface area is 137 Å². The van der Waals surface area contributed by atoms with E-state index in [0.29, 0.717) is 5.95 Å². The molecule has 6 heteroatoms. The third-order valence-corrected chi connectivity index (χ3v) is 3.45. The van der Waals surface area contributed by atoms with E-state index in [1.807, 2.05) is 32.0 Å². The Balaban J connectivity index is 2.37. The van der Waals surface area contributed by atoms with Gasteiger partial charge in [-0.1, -0.05) is 13.8 Å². The van der Waals surface area contributed by atoms with Gasteiger partial charge in [-0.3, -0.25) is 4.98 Å². The first kappa shape index (κ1) is 17.1. The molecule has 0 spiro atoms. The van der Waals surface area contributed by atoms with Crippen LogP contribution in [0.2, 0.25) is 0 Å². The van der Waals surface area contributed by atoms with Crippen molar-refractivity contribution in [3.63, 3.8) is 0 Å². The van der Waals surface area contributed by atoms with E-state index in [2.05, 4.69) is 39.4 Å². The van der Waals surface area contributed by atoms with Crippen LogP contribution in [0.4, 0.5) is 11.8 Å². The lowest BCUT2D eigenvalue weighted by molar-refractivity contribution is 0.248.